The SMILES string of the molecule is Cc1c(Br)c(C(F)F)nn1CC(=O)Nc1ncn(Cc2cccc(Cl)c2)n1. The van der Waals surface area contributed by atoms with Crippen molar-refractivity contribution in [1.82, 2.24) is 24.5 Å². The second-order valence-corrected chi connectivity index (χ2v) is 6.92. The first-order valence-corrected chi connectivity index (χ1v) is 8.95. The lowest BCUT2D eigenvalue weighted by Gasteiger charge is -2.04. The molecule has 0 spiro atoms. The number of alkyl halides is 2. The third kappa shape index (κ3) is 4.69. The van der Waals surface area contributed by atoms with Crippen molar-refractivity contribution in [2.75, 3.05) is 5.32 Å². The molecule has 0 aliphatic rings. The van der Waals surface area contributed by atoms with Gasteiger partial charge in [-0.05, 0) is 40.5 Å². The van der Waals surface area contributed by atoms with E-state index in [4.69, 9.17) is 11.6 Å². The molecule has 11 heteroatoms. The van der Waals surface area contributed by atoms with Crippen LogP contribution in [0, 0.1) is 6.92 Å². The zero-order valence-corrected chi connectivity index (χ0v) is 16.4. The number of rotatable bonds is 6. The first-order chi connectivity index (χ1) is 12.8. The fraction of sp³-hybridized carbons (Fsp3) is 0.250. The van der Waals surface area contributed by atoms with Crippen LogP contribution in [0.25, 0.3) is 0 Å². The van der Waals surface area contributed by atoms with Gasteiger partial charge in [0, 0.05) is 5.02 Å². The highest BCUT2D eigenvalue weighted by Crippen LogP contribution is 2.28. The van der Waals surface area contributed by atoms with Gasteiger partial charge >= 0.3 is 0 Å². The van der Waals surface area contributed by atoms with Gasteiger partial charge in [0.25, 0.3) is 6.43 Å². The number of anilines is 1. The quantitative estimate of drug-likeness (QED) is 0.608. The number of amides is 1. The van der Waals surface area contributed by atoms with Crippen LogP contribution >= 0.6 is 27.5 Å². The predicted molar refractivity (Wildman–Crippen MR) is 98.8 cm³/mol. The van der Waals surface area contributed by atoms with E-state index in [1.807, 2.05) is 12.1 Å². The van der Waals surface area contributed by atoms with Crippen LogP contribution in [0.4, 0.5) is 14.7 Å². The maximum Gasteiger partial charge on any atom is 0.283 e. The van der Waals surface area contributed by atoms with Crippen LogP contribution in [0.5, 0.6) is 0 Å². The Morgan fingerprint density at radius 2 is 2.15 bits per heavy atom. The van der Waals surface area contributed by atoms with Crippen LogP contribution in [0.15, 0.2) is 35.1 Å². The summed E-state index contributed by atoms with van der Waals surface area (Å²) in [6.07, 6.45) is -1.26. The molecule has 142 valence electrons. The topological polar surface area (TPSA) is 77.6 Å². The Bertz CT molecular complexity index is 974. The Hall–Kier alpha value is -2.33. The lowest BCUT2D eigenvalue weighted by Crippen LogP contribution is -2.21. The van der Waals surface area contributed by atoms with Gasteiger partial charge in [-0.3, -0.25) is 14.8 Å². The molecule has 1 amide bonds. The molecular formula is C16H14BrClF2N6O. The number of nitrogens with zero attached hydrogens (tertiary/aromatic N) is 5. The van der Waals surface area contributed by atoms with Crippen molar-refractivity contribution in [3.63, 3.8) is 0 Å². The lowest BCUT2D eigenvalue weighted by atomic mass is 10.2. The van der Waals surface area contributed by atoms with Crippen molar-refractivity contribution in [2.45, 2.75) is 26.4 Å². The minimum Gasteiger partial charge on any atom is -0.292 e. The molecular weight excluding hydrogens is 446 g/mol. The first kappa shape index (κ1) is 19.4. The van der Waals surface area contributed by atoms with Crippen molar-refractivity contribution in [3.05, 3.63) is 57.0 Å². The monoisotopic (exact) mass is 458 g/mol. The van der Waals surface area contributed by atoms with Gasteiger partial charge in [0.15, 0.2) is 0 Å². The molecule has 0 aliphatic heterocycles. The molecule has 0 saturated heterocycles. The molecule has 3 aromatic rings. The summed E-state index contributed by atoms with van der Waals surface area (Å²) in [6, 6.07) is 7.30. The molecule has 0 saturated carbocycles. The van der Waals surface area contributed by atoms with E-state index >= 15 is 0 Å². The highest BCUT2D eigenvalue weighted by molar-refractivity contribution is 9.10. The van der Waals surface area contributed by atoms with Gasteiger partial charge in [-0.2, -0.15) is 5.10 Å². The first-order valence-electron chi connectivity index (χ1n) is 7.78. The Balaban J connectivity index is 1.64. The number of carbonyl (C=O) groups is 1. The molecule has 0 bridgehead atoms. The minimum atomic E-state index is -2.73. The van der Waals surface area contributed by atoms with Crippen LogP contribution in [0.1, 0.15) is 23.4 Å². The normalized spacial score (nSPS) is 11.2. The van der Waals surface area contributed by atoms with Gasteiger partial charge in [0.05, 0.1) is 16.7 Å². The van der Waals surface area contributed by atoms with E-state index in [0.717, 1.165) is 5.56 Å². The number of halogens is 4. The van der Waals surface area contributed by atoms with Crippen LogP contribution in [0.2, 0.25) is 5.02 Å². The summed E-state index contributed by atoms with van der Waals surface area (Å²) in [6.45, 7) is 1.79. The van der Waals surface area contributed by atoms with Gasteiger partial charge in [0.2, 0.25) is 11.9 Å². The van der Waals surface area contributed by atoms with E-state index in [1.54, 1.807) is 23.7 Å². The molecule has 1 aromatic carbocycles. The molecule has 2 heterocycles. The molecule has 7 nitrogen and oxygen atoms in total. The number of benzene rings is 1. The second-order valence-electron chi connectivity index (χ2n) is 5.69. The number of hydrogen-bond acceptors (Lipinski definition) is 4. The lowest BCUT2D eigenvalue weighted by molar-refractivity contribution is -0.117. The molecule has 27 heavy (non-hydrogen) atoms. The summed E-state index contributed by atoms with van der Waals surface area (Å²) in [7, 11) is 0. The maximum atomic E-state index is 12.9. The Labute approximate surface area is 166 Å². The summed E-state index contributed by atoms with van der Waals surface area (Å²) >= 11 is 9.01. The fourth-order valence-electron chi connectivity index (χ4n) is 2.39. The molecule has 0 radical (unpaired) electrons. The summed E-state index contributed by atoms with van der Waals surface area (Å²) < 4.78 is 28.7. The number of carbonyl (C=O) groups excluding carboxylic acids is 1. The molecule has 0 unspecified atom stereocenters. The molecule has 0 fully saturated rings. The maximum absolute atomic E-state index is 12.9. The fourth-order valence-corrected chi connectivity index (χ4v) is 3.06. The summed E-state index contributed by atoms with van der Waals surface area (Å²) in [5.74, 6) is -0.366. The van der Waals surface area contributed by atoms with E-state index in [-0.39, 0.29) is 17.0 Å². The largest absolute Gasteiger partial charge is 0.292 e. The summed E-state index contributed by atoms with van der Waals surface area (Å²) in [4.78, 5) is 16.2. The molecule has 1 N–H and O–H groups in total. The van der Waals surface area contributed by atoms with Gasteiger partial charge in [-0.25, -0.2) is 18.4 Å². The summed E-state index contributed by atoms with van der Waals surface area (Å²) in [5.41, 5.74) is 0.964. The molecule has 0 aliphatic carbocycles. The van der Waals surface area contributed by atoms with Crippen LogP contribution in [-0.2, 0) is 17.9 Å². The Kier molecular flexibility index (Phi) is 5.85. The molecule has 3 rings (SSSR count). The Morgan fingerprint density at radius 3 is 2.81 bits per heavy atom. The van der Waals surface area contributed by atoms with Crippen LogP contribution in [-0.4, -0.2) is 30.5 Å². The van der Waals surface area contributed by atoms with Gasteiger partial charge in [-0.15, -0.1) is 5.10 Å². The zero-order valence-electron chi connectivity index (χ0n) is 14.0. The van der Waals surface area contributed by atoms with Crippen LogP contribution in [0.3, 0.4) is 0 Å². The zero-order chi connectivity index (χ0) is 19.6. The van der Waals surface area contributed by atoms with Crippen molar-refractivity contribution in [1.29, 1.82) is 0 Å². The van der Waals surface area contributed by atoms with Gasteiger partial charge in [-0.1, -0.05) is 23.7 Å². The smallest absolute Gasteiger partial charge is 0.283 e. The molecule has 2 aromatic heterocycles. The predicted octanol–water partition coefficient (Wildman–Crippen LogP) is 3.82. The van der Waals surface area contributed by atoms with Gasteiger partial charge < -0.3 is 0 Å². The average molecular weight is 460 g/mol. The van der Waals surface area contributed by atoms with E-state index < -0.39 is 18.0 Å². The van der Waals surface area contributed by atoms with Crippen molar-refractivity contribution in [3.8, 4) is 0 Å². The Morgan fingerprint density at radius 1 is 1.37 bits per heavy atom. The number of hydrogen-bond donors (Lipinski definition) is 1. The van der Waals surface area contributed by atoms with E-state index in [0.29, 0.717) is 17.3 Å². The average Bonchev–Trinajstić information content (AvgIpc) is 3.14. The third-order valence-electron chi connectivity index (χ3n) is 3.68. The van der Waals surface area contributed by atoms with Crippen molar-refractivity contribution in [2.24, 2.45) is 0 Å². The highest BCUT2D eigenvalue weighted by atomic mass is 79.9. The number of aromatic nitrogens is 5. The van der Waals surface area contributed by atoms with Crippen LogP contribution < -0.4 is 5.32 Å². The third-order valence-corrected chi connectivity index (χ3v) is 4.89. The van der Waals surface area contributed by atoms with Crippen molar-refractivity contribution < 1.29 is 13.6 Å². The second kappa shape index (κ2) is 8.13. The summed E-state index contributed by atoms with van der Waals surface area (Å²) in [5, 5.41) is 11.1. The van der Waals surface area contributed by atoms with E-state index in [9.17, 15) is 13.6 Å². The van der Waals surface area contributed by atoms with E-state index in [2.05, 4.69) is 36.4 Å². The standard InChI is InChI=1S/C16H14BrClF2N6O/c1-9-13(17)14(15(19)20)23-26(9)7-12(27)22-16-21-8-25(24-16)6-10-3-2-4-11(18)5-10/h2-5,8,15H,6-7H2,1H3,(H,22,24,27). The van der Waals surface area contributed by atoms with Gasteiger partial charge in [0.1, 0.15) is 18.6 Å². The number of nitrogens with one attached hydrogen (secondary N) is 1. The van der Waals surface area contributed by atoms with Crippen molar-refractivity contribution >= 4 is 39.4 Å². The minimum absolute atomic E-state index is 0.111. The van der Waals surface area contributed by atoms with E-state index in [1.165, 1.54) is 11.0 Å². The highest BCUT2D eigenvalue weighted by Gasteiger charge is 2.21. The molecule has 0 atom stereocenters.